The van der Waals surface area contributed by atoms with Gasteiger partial charge < -0.3 is 0 Å². The number of hydrogen-bond donors (Lipinski definition) is 0. The minimum absolute atomic E-state index is 0.604. The van der Waals surface area contributed by atoms with E-state index >= 15 is 0 Å². The Labute approximate surface area is 102 Å². The first-order valence-electron chi connectivity index (χ1n) is 6.18. The molecule has 0 N–H and O–H groups in total. The Bertz CT molecular complexity index is 340. The zero-order valence-corrected chi connectivity index (χ0v) is 11.0. The van der Waals surface area contributed by atoms with Crippen LogP contribution in [0.3, 0.4) is 0 Å². The average molecular weight is 236 g/mol. The van der Waals surface area contributed by atoms with Gasteiger partial charge in [0.15, 0.2) is 0 Å². The van der Waals surface area contributed by atoms with Crippen LogP contribution < -0.4 is 0 Å². The molecule has 16 heavy (non-hydrogen) atoms. The zero-order valence-electron chi connectivity index (χ0n) is 10.1. The number of thioether (sulfide) groups is 1. The van der Waals surface area contributed by atoms with E-state index in [9.17, 15) is 0 Å². The van der Waals surface area contributed by atoms with Crippen LogP contribution in [-0.2, 0) is 0 Å². The van der Waals surface area contributed by atoms with Crippen molar-refractivity contribution in [2.45, 2.75) is 37.8 Å². The topological polar surface area (TPSA) is 16.1 Å². The Kier molecular flexibility index (Phi) is 4.24. The van der Waals surface area contributed by atoms with E-state index in [-0.39, 0.29) is 0 Å². The van der Waals surface area contributed by atoms with E-state index in [4.69, 9.17) is 0 Å². The van der Waals surface area contributed by atoms with E-state index in [0.29, 0.717) is 6.04 Å². The van der Waals surface area contributed by atoms with Crippen molar-refractivity contribution in [1.29, 1.82) is 0 Å². The number of pyridine rings is 1. The van der Waals surface area contributed by atoms with Crippen molar-refractivity contribution in [2.75, 3.05) is 18.8 Å². The van der Waals surface area contributed by atoms with Crippen molar-refractivity contribution in [2.24, 2.45) is 0 Å². The monoisotopic (exact) mass is 236 g/mol. The maximum absolute atomic E-state index is 4.52. The van der Waals surface area contributed by atoms with Gasteiger partial charge in [-0.2, -0.15) is 0 Å². The summed E-state index contributed by atoms with van der Waals surface area (Å²) in [5, 5.41) is 1.23. The molecule has 1 aliphatic rings. The lowest BCUT2D eigenvalue weighted by Crippen LogP contribution is -2.23. The average Bonchev–Trinajstić information content (AvgIpc) is 2.78. The third kappa shape index (κ3) is 2.41. The Balaban J connectivity index is 2.24. The van der Waals surface area contributed by atoms with E-state index < -0.39 is 0 Å². The Morgan fingerprint density at radius 2 is 2.38 bits per heavy atom. The van der Waals surface area contributed by atoms with Gasteiger partial charge >= 0.3 is 0 Å². The van der Waals surface area contributed by atoms with E-state index in [2.05, 4.69) is 35.9 Å². The van der Waals surface area contributed by atoms with Crippen molar-refractivity contribution in [3.8, 4) is 0 Å². The van der Waals surface area contributed by atoms with Gasteiger partial charge in [0.1, 0.15) is 5.03 Å². The maximum atomic E-state index is 4.52. The SMILES string of the molecule is CCSc1ncccc1C1CCCN1CC. The van der Waals surface area contributed by atoms with E-state index in [1.165, 1.54) is 30.0 Å². The number of hydrogen-bond acceptors (Lipinski definition) is 3. The van der Waals surface area contributed by atoms with Crippen molar-refractivity contribution in [3.05, 3.63) is 23.9 Å². The minimum atomic E-state index is 0.604. The molecule has 3 heteroatoms. The molecule has 0 bridgehead atoms. The fourth-order valence-corrected chi connectivity index (χ4v) is 3.25. The number of likely N-dealkylation sites (tertiary alicyclic amines) is 1. The first-order valence-corrected chi connectivity index (χ1v) is 7.17. The van der Waals surface area contributed by atoms with Crippen LogP contribution in [0.2, 0.25) is 0 Å². The second-order valence-electron chi connectivity index (χ2n) is 4.12. The molecule has 2 heterocycles. The fourth-order valence-electron chi connectivity index (χ4n) is 2.47. The summed E-state index contributed by atoms with van der Waals surface area (Å²) in [5.74, 6) is 1.10. The van der Waals surface area contributed by atoms with Crippen molar-refractivity contribution < 1.29 is 0 Å². The van der Waals surface area contributed by atoms with Gasteiger partial charge in [-0.1, -0.05) is 19.9 Å². The molecule has 1 aliphatic heterocycles. The van der Waals surface area contributed by atoms with Gasteiger partial charge in [0, 0.05) is 17.8 Å². The number of aromatic nitrogens is 1. The summed E-state index contributed by atoms with van der Waals surface area (Å²) < 4.78 is 0. The molecule has 1 saturated heterocycles. The van der Waals surface area contributed by atoms with Crippen molar-refractivity contribution >= 4 is 11.8 Å². The highest BCUT2D eigenvalue weighted by Crippen LogP contribution is 2.35. The van der Waals surface area contributed by atoms with Crippen LogP contribution in [-0.4, -0.2) is 28.7 Å². The molecule has 2 rings (SSSR count). The number of nitrogens with zero attached hydrogens (tertiary/aromatic N) is 2. The molecular weight excluding hydrogens is 216 g/mol. The molecule has 0 spiro atoms. The highest BCUT2D eigenvalue weighted by molar-refractivity contribution is 7.99. The lowest BCUT2D eigenvalue weighted by molar-refractivity contribution is 0.268. The van der Waals surface area contributed by atoms with Crippen LogP contribution in [0.1, 0.15) is 38.3 Å². The Morgan fingerprint density at radius 3 is 3.12 bits per heavy atom. The molecule has 1 aromatic heterocycles. The predicted octanol–water partition coefficient (Wildman–Crippen LogP) is 3.35. The molecule has 1 atom stereocenters. The normalized spacial score (nSPS) is 21.5. The molecule has 0 amide bonds. The lowest BCUT2D eigenvalue weighted by atomic mass is 10.1. The molecule has 1 fully saturated rings. The lowest BCUT2D eigenvalue weighted by Gasteiger charge is -2.24. The van der Waals surface area contributed by atoms with Gasteiger partial charge in [0.25, 0.3) is 0 Å². The molecule has 88 valence electrons. The van der Waals surface area contributed by atoms with Crippen LogP contribution in [0, 0.1) is 0 Å². The Morgan fingerprint density at radius 1 is 1.50 bits per heavy atom. The van der Waals surface area contributed by atoms with Crippen molar-refractivity contribution in [1.82, 2.24) is 9.88 Å². The molecule has 1 unspecified atom stereocenters. The summed E-state index contributed by atoms with van der Waals surface area (Å²) in [6.07, 6.45) is 4.52. The third-order valence-electron chi connectivity index (χ3n) is 3.21. The highest BCUT2D eigenvalue weighted by Gasteiger charge is 2.26. The Hall–Kier alpha value is -0.540. The summed E-state index contributed by atoms with van der Waals surface area (Å²) in [5.41, 5.74) is 1.44. The second-order valence-corrected chi connectivity index (χ2v) is 5.37. The van der Waals surface area contributed by atoms with E-state index in [1.54, 1.807) is 0 Å². The smallest absolute Gasteiger partial charge is 0.101 e. The van der Waals surface area contributed by atoms with E-state index in [1.807, 2.05) is 18.0 Å². The summed E-state index contributed by atoms with van der Waals surface area (Å²) in [6, 6.07) is 4.93. The van der Waals surface area contributed by atoms with Crippen LogP contribution in [0.4, 0.5) is 0 Å². The van der Waals surface area contributed by atoms with Gasteiger partial charge in [-0.3, -0.25) is 4.90 Å². The van der Waals surface area contributed by atoms with Gasteiger partial charge in [-0.25, -0.2) is 4.98 Å². The molecule has 0 radical (unpaired) electrons. The minimum Gasteiger partial charge on any atom is -0.297 e. The predicted molar refractivity (Wildman–Crippen MR) is 69.9 cm³/mol. The molecule has 0 saturated carbocycles. The summed E-state index contributed by atoms with van der Waals surface area (Å²) >= 11 is 1.86. The standard InChI is InChI=1S/C13H20N2S/c1-3-15-10-6-8-12(15)11-7-5-9-14-13(11)16-4-2/h5,7,9,12H,3-4,6,8,10H2,1-2H3. The summed E-state index contributed by atoms with van der Waals surface area (Å²) in [4.78, 5) is 7.08. The van der Waals surface area contributed by atoms with Crippen LogP contribution in [0.25, 0.3) is 0 Å². The fraction of sp³-hybridized carbons (Fsp3) is 0.615. The molecule has 0 aromatic carbocycles. The molecule has 1 aromatic rings. The second kappa shape index (κ2) is 5.69. The molecule has 0 aliphatic carbocycles. The number of rotatable bonds is 4. The summed E-state index contributed by atoms with van der Waals surface area (Å²) in [6.45, 7) is 6.83. The quantitative estimate of drug-likeness (QED) is 0.746. The molecular formula is C13H20N2S. The third-order valence-corrected chi connectivity index (χ3v) is 4.11. The van der Waals surface area contributed by atoms with Crippen LogP contribution in [0.15, 0.2) is 23.4 Å². The van der Waals surface area contributed by atoms with Crippen LogP contribution >= 0.6 is 11.8 Å². The summed E-state index contributed by atoms with van der Waals surface area (Å²) in [7, 11) is 0. The van der Waals surface area contributed by atoms with Gasteiger partial charge in [-0.15, -0.1) is 11.8 Å². The maximum Gasteiger partial charge on any atom is 0.101 e. The first-order chi connectivity index (χ1) is 7.86. The van der Waals surface area contributed by atoms with Gasteiger partial charge in [-0.05, 0) is 37.8 Å². The van der Waals surface area contributed by atoms with Crippen LogP contribution in [0.5, 0.6) is 0 Å². The van der Waals surface area contributed by atoms with Gasteiger partial charge in [0.05, 0.1) is 0 Å². The molecule has 2 nitrogen and oxygen atoms in total. The zero-order chi connectivity index (χ0) is 11.4. The van der Waals surface area contributed by atoms with Gasteiger partial charge in [0.2, 0.25) is 0 Å². The highest BCUT2D eigenvalue weighted by atomic mass is 32.2. The van der Waals surface area contributed by atoms with Crippen molar-refractivity contribution in [3.63, 3.8) is 0 Å². The first kappa shape index (κ1) is 11.9. The van der Waals surface area contributed by atoms with E-state index in [0.717, 1.165) is 12.3 Å². The largest absolute Gasteiger partial charge is 0.297 e.